The van der Waals surface area contributed by atoms with Gasteiger partial charge in [0.05, 0.1) is 11.0 Å². The van der Waals surface area contributed by atoms with E-state index in [9.17, 15) is 4.79 Å². The highest BCUT2D eigenvalue weighted by atomic mass is 79.9. The van der Waals surface area contributed by atoms with Gasteiger partial charge in [0, 0.05) is 18.3 Å². The first-order valence-corrected chi connectivity index (χ1v) is 7.60. The molecule has 0 saturated heterocycles. The van der Waals surface area contributed by atoms with E-state index in [1.807, 2.05) is 31.2 Å². The second-order valence-corrected chi connectivity index (χ2v) is 5.97. The highest BCUT2D eigenvalue weighted by Gasteiger charge is 2.06. The smallest absolute Gasteiger partial charge is 0.221 e. The maximum absolute atomic E-state index is 11.0. The Labute approximate surface area is 134 Å². The van der Waals surface area contributed by atoms with E-state index in [0.717, 1.165) is 27.2 Å². The predicted molar refractivity (Wildman–Crippen MR) is 86.9 cm³/mol. The number of hydrogen-bond donors (Lipinski definition) is 2. The van der Waals surface area contributed by atoms with Crippen LogP contribution in [0.2, 0.25) is 0 Å². The molecule has 0 aliphatic carbocycles. The number of benzene rings is 1. The summed E-state index contributed by atoms with van der Waals surface area (Å²) in [6.07, 6.45) is 0. The molecule has 0 aliphatic heterocycles. The summed E-state index contributed by atoms with van der Waals surface area (Å²) in [6, 6.07) is 7.70. The molecule has 0 unspecified atom stereocenters. The molecule has 2 aromatic rings. The van der Waals surface area contributed by atoms with Crippen molar-refractivity contribution in [3.63, 3.8) is 0 Å². The lowest BCUT2D eigenvalue weighted by Gasteiger charge is -2.10. The van der Waals surface area contributed by atoms with Crippen molar-refractivity contribution in [3.05, 3.63) is 44.7 Å². The Bertz CT molecular complexity index is 619. The lowest BCUT2D eigenvalue weighted by molar-refractivity contribution is -0.114. The molecule has 0 radical (unpaired) electrons. The molecular weight excluding hydrogens is 388 g/mol. The highest BCUT2D eigenvalue weighted by Crippen LogP contribution is 2.27. The van der Waals surface area contributed by atoms with Crippen LogP contribution < -0.4 is 10.6 Å². The molecule has 6 heteroatoms. The molecule has 0 bridgehead atoms. The topological polar surface area (TPSA) is 54.3 Å². The first-order chi connectivity index (χ1) is 9.45. The number of rotatable bonds is 4. The lowest BCUT2D eigenvalue weighted by atomic mass is 10.1. The molecule has 1 amide bonds. The van der Waals surface area contributed by atoms with Gasteiger partial charge in [-0.25, -0.2) is 0 Å². The van der Waals surface area contributed by atoms with Crippen LogP contribution in [0.5, 0.6) is 0 Å². The Kier molecular flexibility index (Phi) is 4.88. The summed E-state index contributed by atoms with van der Waals surface area (Å²) in [4.78, 5) is 11.0. The molecule has 4 nitrogen and oxygen atoms in total. The van der Waals surface area contributed by atoms with Crippen LogP contribution in [0, 0.1) is 6.92 Å². The SMILES string of the molecule is CC(=O)Nc1ccc(NCc2cc(Br)c(Br)o2)cc1C. The second-order valence-electron chi connectivity index (χ2n) is 4.40. The lowest BCUT2D eigenvalue weighted by Crippen LogP contribution is -2.07. The Hall–Kier alpha value is -1.27. The van der Waals surface area contributed by atoms with E-state index in [1.54, 1.807) is 0 Å². The van der Waals surface area contributed by atoms with E-state index in [2.05, 4.69) is 42.5 Å². The summed E-state index contributed by atoms with van der Waals surface area (Å²) in [6.45, 7) is 4.04. The number of carbonyl (C=O) groups is 1. The van der Waals surface area contributed by atoms with Gasteiger partial charge in [-0.05, 0) is 68.6 Å². The molecule has 2 N–H and O–H groups in total. The monoisotopic (exact) mass is 400 g/mol. The summed E-state index contributed by atoms with van der Waals surface area (Å²) >= 11 is 6.68. The maximum atomic E-state index is 11.0. The molecule has 20 heavy (non-hydrogen) atoms. The number of anilines is 2. The van der Waals surface area contributed by atoms with E-state index >= 15 is 0 Å². The van der Waals surface area contributed by atoms with Crippen LogP contribution in [-0.2, 0) is 11.3 Å². The second kappa shape index (κ2) is 6.45. The van der Waals surface area contributed by atoms with Crippen molar-refractivity contribution in [1.82, 2.24) is 0 Å². The van der Waals surface area contributed by atoms with Crippen LogP contribution in [0.1, 0.15) is 18.2 Å². The number of furan rings is 1. The van der Waals surface area contributed by atoms with Gasteiger partial charge in [0.1, 0.15) is 5.76 Å². The molecule has 0 spiro atoms. The summed E-state index contributed by atoms with van der Waals surface area (Å²) in [5, 5.41) is 6.06. The van der Waals surface area contributed by atoms with Crippen LogP contribution in [0.3, 0.4) is 0 Å². The third-order valence-electron chi connectivity index (χ3n) is 2.70. The third kappa shape index (κ3) is 3.86. The summed E-state index contributed by atoms with van der Waals surface area (Å²) in [7, 11) is 0. The number of nitrogens with one attached hydrogen (secondary N) is 2. The van der Waals surface area contributed by atoms with Crippen LogP contribution in [0.25, 0.3) is 0 Å². The Morgan fingerprint density at radius 1 is 1.30 bits per heavy atom. The van der Waals surface area contributed by atoms with Crippen molar-refractivity contribution in [2.45, 2.75) is 20.4 Å². The van der Waals surface area contributed by atoms with Crippen LogP contribution >= 0.6 is 31.9 Å². The molecule has 0 atom stereocenters. The van der Waals surface area contributed by atoms with Gasteiger partial charge in [-0.2, -0.15) is 0 Å². The molecule has 1 aromatic heterocycles. The molecule has 0 saturated carbocycles. The van der Waals surface area contributed by atoms with Gasteiger partial charge >= 0.3 is 0 Å². The first-order valence-electron chi connectivity index (χ1n) is 6.01. The third-order valence-corrected chi connectivity index (χ3v) is 4.41. The van der Waals surface area contributed by atoms with E-state index in [4.69, 9.17) is 4.42 Å². The molecule has 1 heterocycles. The van der Waals surface area contributed by atoms with Crippen molar-refractivity contribution >= 4 is 49.1 Å². The molecule has 2 rings (SSSR count). The number of hydrogen-bond acceptors (Lipinski definition) is 3. The van der Waals surface area contributed by atoms with E-state index in [1.165, 1.54) is 6.92 Å². The number of carbonyl (C=O) groups excluding carboxylic acids is 1. The average Bonchev–Trinajstić information content (AvgIpc) is 2.69. The first kappa shape index (κ1) is 15.1. The number of aryl methyl sites for hydroxylation is 1. The largest absolute Gasteiger partial charge is 0.451 e. The summed E-state index contributed by atoms with van der Waals surface area (Å²) < 4.78 is 7.07. The van der Waals surface area contributed by atoms with Gasteiger partial charge in [0.15, 0.2) is 4.67 Å². The zero-order valence-electron chi connectivity index (χ0n) is 11.1. The minimum atomic E-state index is -0.0703. The molecule has 0 aliphatic rings. The van der Waals surface area contributed by atoms with Gasteiger partial charge in [-0.15, -0.1) is 0 Å². The molecular formula is C14H14Br2N2O2. The Morgan fingerprint density at radius 3 is 2.60 bits per heavy atom. The van der Waals surface area contributed by atoms with Crippen molar-refractivity contribution in [2.24, 2.45) is 0 Å². The Morgan fingerprint density at radius 2 is 2.05 bits per heavy atom. The van der Waals surface area contributed by atoms with Gasteiger partial charge in [-0.3, -0.25) is 4.79 Å². The number of amides is 1. The molecule has 1 aromatic carbocycles. The summed E-state index contributed by atoms with van der Waals surface area (Å²) in [5.41, 5.74) is 2.80. The quantitative estimate of drug-likeness (QED) is 0.781. The summed E-state index contributed by atoms with van der Waals surface area (Å²) in [5.74, 6) is 0.756. The minimum Gasteiger partial charge on any atom is -0.451 e. The maximum Gasteiger partial charge on any atom is 0.221 e. The van der Waals surface area contributed by atoms with Crippen LogP contribution in [0.4, 0.5) is 11.4 Å². The predicted octanol–water partition coefficient (Wildman–Crippen LogP) is 4.68. The molecule has 106 valence electrons. The van der Waals surface area contributed by atoms with Crippen LogP contribution in [-0.4, -0.2) is 5.91 Å². The fourth-order valence-electron chi connectivity index (χ4n) is 1.77. The average molecular weight is 402 g/mol. The highest BCUT2D eigenvalue weighted by molar-refractivity contribution is 9.13. The van der Waals surface area contributed by atoms with Crippen molar-refractivity contribution < 1.29 is 9.21 Å². The minimum absolute atomic E-state index is 0.0703. The van der Waals surface area contributed by atoms with E-state index in [0.29, 0.717) is 11.2 Å². The number of halogens is 2. The zero-order chi connectivity index (χ0) is 14.7. The standard InChI is InChI=1S/C14H14Br2N2O2/c1-8-5-10(3-4-13(8)18-9(2)19)17-7-11-6-12(15)14(16)20-11/h3-6,17H,7H2,1-2H3,(H,18,19). The van der Waals surface area contributed by atoms with Crippen molar-refractivity contribution in [3.8, 4) is 0 Å². The zero-order valence-corrected chi connectivity index (χ0v) is 14.3. The van der Waals surface area contributed by atoms with E-state index < -0.39 is 0 Å². The fraction of sp³-hybridized carbons (Fsp3) is 0.214. The van der Waals surface area contributed by atoms with Crippen molar-refractivity contribution in [2.75, 3.05) is 10.6 Å². The van der Waals surface area contributed by atoms with Crippen LogP contribution in [0.15, 0.2) is 37.8 Å². The normalized spacial score (nSPS) is 10.4. The Balaban J connectivity index is 2.03. The fourth-order valence-corrected chi connectivity index (χ4v) is 2.43. The molecule has 0 fully saturated rings. The van der Waals surface area contributed by atoms with Gasteiger partial charge in [0.25, 0.3) is 0 Å². The van der Waals surface area contributed by atoms with Gasteiger partial charge in [-0.1, -0.05) is 0 Å². The van der Waals surface area contributed by atoms with Gasteiger partial charge in [0.2, 0.25) is 5.91 Å². The van der Waals surface area contributed by atoms with E-state index in [-0.39, 0.29) is 5.91 Å². The van der Waals surface area contributed by atoms with Gasteiger partial charge < -0.3 is 15.1 Å². The van der Waals surface area contributed by atoms with Crippen molar-refractivity contribution in [1.29, 1.82) is 0 Å².